The third-order valence-corrected chi connectivity index (χ3v) is 3.87. The summed E-state index contributed by atoms with van der Waals surface area (Å²) in [5.74, 6) is 0.0275. The van der Waals surface area contributed by atoms with E-state index >= 15 is 0 Å². The molecule has 2 rings (SSSR count). The first-order valence-corrected chi connectivity index (χ1v) is 6.44. The van der Waals surface area contributed by atoms with Crippen LogP contribution in [0, 0.1) is 17.2 Å². The summed E-state index contributed by atoms with van der Waals surface area (Å²) in [6.45, 7) is 0. The first-order chi connectivity index (χ1) is 8.16. The van der Waals surface area contributed by atoms with Gasteiger partial charge in [-0.15, -0.1) is 0 Å². The van der Waals surface area contributed by atoms with E-state index in [-0.39, 0.29) is 5.92 Å². The minimum atomic E-state index is -1.38. The lowest BCUT2D eigenvalue weighted by Crippen LogP contribution is -2.35. The van der Waals surface area contributed by atoms with E-state index in [1.54, 1.807) is 24.3 Å². The number of halogens is 1. The molecule has 0 bridgehead atoms. The van der Waals surface area contributed by atoms with Crippen molar-refractivity contribution in [3.8, 4) is 6.07 Å². The molecule has 2 nitrogen and oxygen atoms in total. The van der Waals surface area contributed by atoms with Crippen molar-refractivity contribution in [3.63, 3.8) is 0 Å². The molecule has 1 N–H and O–H groups in total. The molecular formula is C14H16ClNO. The Labute approximate surface area is 107 Å². The van der Waals surface area contributed by atoms with Crippen LogP contribution in [0.1, 0.15) is 37.7 Å². The van der Waals surface area contributed by atoms with Gasteiger partial charge in [0.1, 0.15) is 6.07 Å². The number of rotatable bonds is 2. The third-order valence-electron chi connectivity index (χ3n) is 3.63. The van der Waals surface area contributed by atoms with Crippen molar-refractivity contribution in [3.05, 3.63) is 34.9 Å². The van der Waals surface area contributed by atoms with Gasteiger partial charge >= 0.3 is 0 Å². The van der Waals surface area contributed by atoms with Crippen LogP contribution in [-0.4, -0.2) is 5.11 Å². The Morgan fingerprint density at radius 1 is 1.29 bits per heavy atom. The van der Waals surface area contributed by atoms with Crippen LogP contribution in [0.25, 0.3) is 0 Å². The van der Waals surface area contributed by atoms with Crippen molar-refractivity contribution >= 4 is 11.6 Å². The SMILES string of the molecule is N#CC(O)(c1cccc(Cl)c1)C1CCCCC1. The zero-order valence-electron chi connectivity index (χ0n) is 9.69. The monoisotopic (exact) mass is 249 g/mol. The van der Waals surface area contributed by atoms with E-state index in [4.69, 9.17) is 11.6 Å². The third kappa shape index (κ3) is 2.46. The summed E-state index contributed by atoms with van der Waals surface area (Å²) >= 11 is 5.93. The quantitative estimate of drug-likeness (QED) is 0.814. The standard InChI is InChI=1S/C14H16ClNO/c15-13-8-4-7-12(9-13)14(17,10-16)11-5-2-1-3-6-11/h4,7-9,11,17H,1-3,5-6H2. The molecule has 1 aliphatic carbocycles. The maximum absolute atomic E-state index is 10.6. The Hall–Kier alpha value is -1.04. The second kappa shape index (κ2) is 5.08. The molecule has 3 heteroatoms. The molecule has 0 radical (unpaired) electrons. The maximum atomic E-state index is 10.6. The Kier molecular flexibility index (Phi) is 3.71. The topological polar surface area (TPSA) is 44.0 Å². The maximum Gasteiger partial charge on any atom is 0.179 e. The smallest absolute Gasteiger partial charge is 0.179 e. The molecule has 0 spiro atoms. The van der Waals surface area contributed by atoms with Crippen LogP contribution < -0.4 is 0 Å². The van der Waals surface area contributed by atoms with Gasteiger partial charge in [-0.3, -0.25) is 0 Å². The van der Waals surface area contributed by atoms with Gasteiger partial charge in [-0.05, 0) is 30.5 Å². The fourth-order valence-corrected chi connectivity index (χ4v) is 2.83. The second-order valence-electron chi connectivity index (χ2n) is 4.72. The van der Waals surface area contributed by atoms with E-state index in [0.29, 0.717) is 10.6 Å². The van der Waals surface area contributed by atoms with Gasteiger partial charge in [-0.25, -0.2) is 0 Å². The van der Waals surface area contributed by atoms with Crippen LogP contribution in [0.3, 0.4) is 0 Å². The minimum absolute atomic E-state index is 0.0275. The molecule has 1 aliphatic rings. The van der Waals surface area contributed by atoms with Crippen LogP contribution in [0.4, 0.5) is 0 Å². The number of benzene rings is 1. The van der Waals surface area contributed by atoms with E-state index in [2.05, 4.69) is 6.07 Å². The highest BCUT2D eigenvalue weighted by Gasteiger charge is 2.39. The van der Waals surface area contributed by atoms with E-state index in [1.807, 2.05) is 0 Å². The van der Waals surface area contributed by atoms with E-state index in [0.717, 1.165) is 25.7 Å². The first-order valence-electron chi connectivity index (χ1n) is 6.06. The molecule has 1 aromatic carbocycles. The summed E-state index contributed by atoms with van der Waals surface area (Å²) in [6.07, 6.45) is 5.21. The molecule has 1 saturated carbocycles. The summed E-state index contributed by atoms with van der Waals surface area (Å²) in [4.78, 5) is 0. The summed E-state index contributed by atoms with van der Waals surface area (Å²) in [6, 6.07) is 9.10. The van der Waals surface area contributed by atoms with Crippen LogP contribution in [0.5, 0.6) is 0 Å². The fraction of sp³-hybridized carbons (Fsp3) is 0.500. The lowest BCUT2D eigenvalue weighted by atomic mass is 9.74. The number of hydrogen-bond donors (Lipinski definition) is 1. The minimum Gasteiger partial charge on any atom is -0.371 e. The van der Waals surface area contributed by atoms with Gasteiger partial charge in [0.25, 0.3) is 0 Å². The summed E-state index contributed by atoms with van der Waals surface area (Å²) < 4.78 is 0. The Bertz CT molecular complexity index is 434. The Balaban J connectivity index is 2.33. The highest BCUT2D eigenvalue weighted by molar-refractivity contribution is 6.30. The zero-order chi connectivity index (χ0) is 12.3. The Morgan fingerprint density at radius 2 is 2.00 bits per heavy atom. The molecule has 1 fully saturated rings. The predicted octanol–water partition coefficient (Wildman–Crippen LogP) is 3.63. The average molecular weight is 250 g/mol. The summed E-state index contributed by atoms with van der Waals surface area (Å²) in [5, 5.41) is 20.5. The molecule has 0 amide bonds. The van der Waals surface area contributed by atoms with Crippen molar-refractivity contribution in [1.29, 1.82) is 5.26 Å². The molecule has 0 heterocycles. The van der Waals surface area contributed by atoms with E-state index in [1.165, 1.54) is 6.42 Å². The van der Waals surface area contributed by atoms with Crippen molar-refractivity contribution in [2.24, 2.45) is 5.92 Å². The first kappa shape index (κ1) is 12.4. The highest BCUT2D eigenvalue weighted by atomic mass is 35.5. The molecular weight excluding hydrogens is 234 g/mol. The largest absolute Gasteiger partial charge is 0.371 e. The van der Waals surface area contributed by atoms with Gasteiger partial charge in [-0.1, -0.05) is 43.0 Å². The van der Waals surface area contributed by atoms with Crippen LogP contribution in [0.15, 0.2) is 24.3 Å². The van der Waals surface area contributed by atoms with Gasteiger partial charge in [-0.2, -0.15) is 5.26 Å². The number of nitriles is 1. The number of aliphatic hydroxyl groups is 1. The molecule has 1 aromatic rings. The molecule has 0 aromatic heterocycles. The molecule has 0 saturated heterocycles. The highest BCUT2D eigenvalue weighted by Crippen LogP contribution is 2.39. The van der Waals surface area contributed by atoms with Crippen LogP contribution in [-0.2, 0) is 5.60 Å². The lowest BCUT2D eigenvalue weighted by Gasteiger charge is -2.33. The molecule has 1 atom stereocenters. The molecule has 0 aliphatic heterocycles. The van der Waals surface area contributed by atoms with Gasteiger partial charge in [0, 0.05) is 10.9 Å². The number of hydrogen-bond acceptors (Lipinski definition) is 2. The average Bonchev–Trinajstić information content (AvgIpc) is 2.39. The molecule has 17 heavy (non-hydrogen) atoms. The van der Waals surface area contributed by atoms with Gasteiger partial charge < -0.3 is 5.11 Å². The fourth-order valence-electron chi connectivity index (χ4n) is 2.64. The van der Waals surface area contributed by atoms with E-state index in [9.17, 15) is 10.4 Å². The van der Waals surface area contributed by atoms with Gasteiger partial charge in [0.05, 0.1) is 0 Å². The van der Waals surface area contributed by atoms with Crippen molar-refractivity contribution in [1.82, 2.24) is 0 Å². The summed E-state index contributed by atoms with van der Waals surface area (Å²) in [7, 11) is 0. The van der Waals surface area contributed by atoms with Crippen LogP contribution >= 0.6 is 11.6 Å². The second-order valence-corrected chi connectivity index (χ2v) is 5.16. The van der Waals surface area contributed by atoms with Crippen molar-refractivity contribution in [2.45, 2.75) is 37.7 Å². The zero-order valence-corrected chi connectivity index (χ0v) is 10.5. The molecule has 1 unspecified atom stereocenters. The number of nitrogens with zero attached hydrogens (tertiary/aromatic N) is 1. The van der Waals surface area contributed by atoms with Crippen molar-refractivity contribution < 1.29 is 5.11 Å². The van der Waals surface area contributed by atoms with E-state index < -0.39 is 5.60 Å². The van der Waals surface area contributed by atoms with Crippen LogP contribution in [0.2, 0.25) is 5.02 Å². The Morgan fingerprint density at radius 3 is 2.59 bits per heavy atom. The normalized spacial score (nSPS) is 20.5. The van der Waals surface area contributed by atoms with Gasteiger partial charge in [0.2, 0.25) is 0 Å². The van der Waals surface area contributed by atoms with Gasteiger partial charge in [0.15, 0.2) is 5.60 Å². The molecule has 90 valence electrons. The summed E-state index contributed by atoms with van der Waals surface area (Å²) in [5.41, 5.74) is -0.759. The van der Waals surface area contributed by atoms with Crippen molar-refractivity contribution in [2.75, 3.05) is 0 Å². The lowest BCUT2D eigenvalue weighted by molar-refractivity contribution is 0.0140. The predicted molar refractivity (Wildman–Crippen MR) is 67.5 cm³/mol.